The fourth-order valence-electron chi connectivity index (χ4n) is 3.02. The first-order valence-electron chi connectivity index (χ1n) is 7.10. The molecule has 22 heavy (non-hydrogen) atoms. The molecule has 1 aliphatic rings. The van der Waals surface area contributed by atoms with Crippen LogP contribution in [0.3, 0.4) is 0 Å². The van der Waals surface area contributed by atoms with E-state index in [1.807, 2.05) is 26.0 Å². The van der Waals surface area contributed by atoms with Gasteiger partial charge >= 0.3 is 7.60 Å². The van der Waals surface area contributed by atoms with Crippen LogP contribution < -0.4 is 4.90 Å². The van der Waals surface area contributed by atoms with Crippen LogP contribution in [0.1, 0.15) is 25.8 Å². The SMILES string of the molecule is CCC(=O)N1CC(C)(CP(=O)(OC)OC)c2c(Cl)cccc21. The van der Waals surface area contributed by atoms with E-state index >= 15 is 0 Å². The highest BCUT2D eigenvalue weighted by molar-refractivity contribution is 7.53. The minimum Gasteiger partial charge on any atom is -0.312 e. The van der Waals surface area contributed by atoms with E-state index in [9.17, 15) is 9.36 Å². The van der Waals surface area contributed by atoms with Crippen LogP contribution in [0.15, 0.2) is 18.2 Å². The van der Waals surface area contributed by atoms with Gasteiger partial charge in [-0.05, 0) is 12.1 Å². The third-order valence-electron chi connectivity index (χ3n) is 4.10. The molecule has 0 spiro atoms. The summed E-state index contributed by atoms with van der Waals surface area (Å²) in [4.78, 5) is 13.9. The lowest BCUT2D eigenvalue weighted by molar-refractivity contribution is -0.118. The molecule has 0 aromatic heterocycles. The average molecular weight is 346 g/mol. The number of hydrogen-bond acceptors (Lipinski definition) is 4. The second-order valence-electron chi connectivity index (χ2n) is 5.66. The zero-order valence-corrected chi connectivity index (χ0v) is 14.9. The lowest BCUT2D eigenvalue weighted by atomic mass is 9.86. The molecule has 0 radical (unpaired) electrons. The number of hydrogen-bond donors (Lipinski definition) is 0. The van der Waals surface area contributed by atoms with Gasteiger partial charge in [0.05, 0.1) is 6.16 Å². The summed E-state index contributed by atoms with van der Waals surface area (Å²) in [5.41, 5.74) is 1.02. The molecule has 122 valence electrons. The molecule has 1 heterocycles. The van der Waals surface area contributed by atoms with Crippen LogP contribution in [0.2, 0.25) is 5.02 Å². The molecule has 7 heteroatoms. The highest BCUT2D eigenvalue weighted by Gasteiger charge is 2.47. The normalized spacial score (nSPS) is 21.0. The van der Waals surface area contributed by atoms with Gasteiger partial charge in [0.15, 0.2) is 0 Å². The minimum atomic E-state index is -3.23. The number of carbonyl (C=O) groups excluding carboxylic acids is 1. The van der Waals surface area contributed by atoms with Crippen molar-refractivity contribution in [1.82, 2.24) is 0 Å². The maximum atomic E-state index is 12.6. The highest BCUT2D eigenvalue weighted by Crippen LogP contribution is 2.56. The molecular weight excluding hydrogens is 325 g/mol. The molecular formula is C15H21ClNO4P. The Morgan fingerprint density at radius 1 is 1.41 bits per heavy atom. The Bertz CT molecular complexity index is 628. The Morgan fingerprint density at radius 3 is 2.59 bits per heavy atom. The summed E-state index contributed by atoms with van der Waals surface area (Å²) in [7, 11) is -0.501. The second kappa shape index (κ2) is 6.32. The number of halogens is 1. The first kappa shape index (κ1) is 17.5. The molecule has 1 aliphatic heterocycles. The fourth-order valence-corrected chi connectivity index (χ4v) is 4.94. The van der Waals surface area contributed by atoms with Crippen LogP contribution in [0.4, 0.5) is 5.69 Å². The summed E-state index contributed by atoms with van der Waals surface area (Å²) in [6.07, 6.45) is 0.561. The van der Waals surface area contributed by atoms with Gasteiger partial charge in [0, 0.05) is 48.9 Å². The van der Waals surface area contributed by atoms with Crippen LogP contribution in [0, 0.1) is 0 Å². The molecule has 5 nitrogen and oxygen atoms in total. The predicted molar refractivity (Wildman–Crippen MR) is 87.9 cm³/mol. The van der Waals surface area contributed by atoms with Crippen molar-refractivity contribution in [3.8, 4) is 0 Å². The lowest BCUT2D eigenvalue weighted by Gasteiger charge is -2.29. The average Bonchev–Trinajstić information content (AvgIpc) is 2.80. The zero-order valence-electron chi connectivity index (χ0n) is 13.3. The third-order valence-corrected chi connectivity index (χ3v) is 6.61. The number of benzene rings is 1. The van der Waals surface area contributed by atoms with E-state index in [1.54, 1.807) is 11.0 Å². The van der Waals surface area contributed by atoms with Crippen LogP contribution >= 0.6 is 19.2 Å². The minimum absolute atomic E-state index is 0.0110. The van der Waals surface area contributed by atoms with Gasteiger partial charge in [0.25, 0.3) is 0 Å². The third kappa shape index (κ3) is 2.95. The second-order valence-corrected chi connectivity index (χ2v) is 8.34. The molecule has 1 aromatic rings. The van der Waals surface area contributed by atoms with Crippen molar-refractivity contribution in [2.45, 2.75) is 25.7 Å². The first-order valence-corrected chi connectivity index (χ1v) is 9.20. The van der Waals surface area contributed by atoms with Crippen molar-refractivity contribution < 1.29 is 18.4 Å². The van der Waals surface area contributed by atoms with Gasteiger partial charge in [-0.15, -0.1) is 0 Å². The van der Waals surface area contributed by atoms with Gasteiger partial charge in [0.2, 0.25) is 5.91 Å². The summed E-state index contributed by atoms with van der Waals surface area (Å²) < 4.78 is 22.7. The molecule has 0 bridgehead atoms. The Morgan fingerprint density at radius 2 is 2.05 bits per heavy atom. The van der Waals surface area contributed by atoms with Crippen molar-refractivity contribution in [2.24, 2.45) is 0 Å². The summed E-state index contributed by atoms with van der Waals surface area (Å²) in [6, 6.07) is 5.46. The summed E-state index contributed by atoms with van der Waals surface area (Å²) in [6.45, 7) is 4.16. The predicted octanol–water partition coefficient (Wildman–Crippen LogP) is 3.84. The Labute approximate surface area is 136 Å². The maximum Gasteiger partial charge on any atom is 0.331 e. The molecule has 1 atom stereocenters. The van der Waals surface area contributed by atoms with Crippen molar-refractivity contribution in [3.05, 3.63) is 28.8 Å². The highest BCUT2D eigenvalue weighted by atomic mass is 35.5. The smallest absolute Gasteiger partial charge is 0.312 e. The molecule has 0 aliphatic carbocycles. The molecule has 0 saturated carbocycles. The molecule has 1 amide bonds. The number of carbonyl (C=O) groups is 1. The van der Waals surface area contributed by atoms with E-state index in [2.05, 4.69) is 0 Å². The van der Waals surface area contributed by atoms with Gasteiger partial charge in [0.1, 0.15) is 0 Å². The van der Waals surface area contributed by atoms with Crippen LogP contribution in [0.25, 0.3) is 0 Å². The quantitative estimate of drug-likeness (QED) is 0.761. The van der Waals surface area contributed by atoms with Crippen molar-refractivity contribution in [1.29, 1.82) is 0 Å². The number of nitrogens with zero attached hydrogens (tertiary/aromatic N) is 1. The van der Waals surface area contributed by atoms with E-state index in [1.165, 1.54) is 14.2 Å². The van der Waals surface area contributed by atoms with Crippen LogP contribution in [0.5, 0.6) is 0 Å². The monoisotopic (exact) mass is 345 g/mol. The van der Waals surface area contributed by atoms with E-state index in [4.69, 9.17) is 20.6 Å². The van der Waals surface area contributed by atoms with Crippen LogP contribution in [-0.4, -0.2) is 32.8 Å². The Hall–Kier alpha value is -0.870. The lowest BCUT2D eigenvalue weighted by Crippen LogP contribution is -2.37. The van der Waals surface area contributed by atoms with E-state index in [0.717, 1.165) is 11.3 Å². The van der Waals surface area contributed by atoms with Crippen molar-refractivity contribution >= 4 is 30.8 Å². The van der Waals surface area contributed by atoms with E-state index < -0.39 is 13.0 Å². The number of rotatable bonds is 5. The standard InChI is InChI=1S/C15H21ClNO4P/c1-5-13(18)17-9-15(2,10-22(19,20-3)21-4)14-11(16)7-6-8-12(14)17/h6-8H,5,9-10H2,1-4H3. The number of fused-ring (bicyclic) bond motifs is 1. The summed E-state index contributed by atoms with van der Waals surface area (Å²) >= 11 is 6.37. The first-order chi connectivity index (χ1) is 10.3. The van der Waals surface area contributed by atoms with Crippen molar-refractivity contribution in [2.75, 3.05) is 31.8 Å². The van der Waals surface area contributed by atoms with Gasteiger partial charge in [-0.2, -0.15) is 0 Å². The molecule has 1 unspecified atom stereocenters. The molecule has 0 N–H and O–H groups in total. The van der Waals surface area contributed by atoms with E-state index in [-0.39, 0.29) is 12.1 Å². The molecule has 2 rings (SSSR count). The molecule has 1 aromatic carbocycles. The van der Waals surface area contributed by atoms with Gasteiger partial charge in [-0.3, -0.25) is 9.36 Å². The van der Waals surface area contributed by atoms with E-state index in [0.29, 0.717) is 18.0 Å². The van der Waals surface area contributed by atoms with Crippen molar-refractivity contribution in [3.63, 3.8) is 0 Å². The maximum absolute atomic E-state index is 12.6. The van der Waals surface area contributed by atoms with Gasteiger partial charge in [-0.25, -0.2) is 0 Å². The number of amides is 1. The molecule has 0 fully saturated rings. The van der Waals surface area contributed by atoms with Gasteiger partial charge in [-0.1, -0.05) is 31.5 Å². The van der Waals surface area contributed by atoms with Gasteiger partial charge < -0.3 is 13.9 Å². The largest absolute Gasteiger partial charge is 0.331 e. The zero-order chi connectivity index (χ0) is 16.5. The number of anilines is 1. The topological polar surface area (TPSA) is 55.8 Å². The Kier molecular flexibility index (Phi) is 5.03. The fraction of sp³-hybridized carbons (Fsp3) is 0.533. The summed E-state index contributed by atoms with van der Waals surface area (Å²) in [5, 5.41) is 0.560. The summed E-state index contributed by atoms with van der Waals surface area (Å²) in [5.74, 6) is 0.0110. The molecule has 0 saturated heterocycles. The van der Waals surface area contributed by atoms with Crippen LogP contribution in [-0.2, 0) is 23.8 Å². The Balaban J connectivity index is 2.52.